The second kappa shape index (κ2) is 12.8. The molecule has 226 valence electrons. The zero-order valence-corrected chi connectivity index (χ0v) is 22.9. The van der Waals surface area contributed by atoms with Crippen LogP contribution in [0.2, 0.25) is 0 Å². The van der Waals surface area contributed by atoms with Crippen LogP contribution in [-0.4, -0.2) is 24.5 Å². The number of benzene rings is 4. The molecule has 4 aromatic rings. The number of ether oxygens (including phenoxy) is 2. The fourth-order valence-corrected chi connectivity index (χ4v) is 4.54. The summed E-state index contributed by atoms with van der Waals surface area (Å²) in [6.45, 7) is 3.29. The van der Waals surface area contributed by atoms with Crippen LogP contribution in [0.25, 0.3) is 0 Å². The highest BCUT2D eigenvalue weighted by Gasteiger charge is 2.45. The van der Waals surface area contributed by atoms with Crippen LogP contribution < -0.4 is 14.8 Å². The molecule has 0 bridgehead atoms. The lowest BCUT2D eigenvalue weighted by Crippen LogP contribution is -2.49. The lowest BCUT2D eigenvalue weighted by Gasteiger charge is -2.37. The summed E-state index contributed by atoms with van der Waals surface area (Å²) in [5, 5.41) is 2.75. The van der Waals surface area contributed by atoms with Gasteiger partial charge in [0.05, 0.1) is 11.6 Å². The first-order valence-corrected chi connectivity index (χ1v) is 13.0. The van der Waals surface area contributed by atoms with E-state index in [0.29, 0.717) is 11.6 Å². The molecular formula is C32H26F7NO3. The number of nitrogens with one attached hydrogen (secondary N) is 1. The largest absolute Gasteiger partial charge is 0.488 e. The molecule has 1 atom stereocenters. The highest BCUT2D eigenvalue weighted by molar-refractivity contribution is 5.95. The smallest absolute Gasteiger partial charge is 0.461 e. The molecule has 0 aromatic heterocycles. The first kappa shape index (κ1) is 31.4. The van der Waals surface area contributed by atoms with Crippen molar-refractivity contribution in [2.24, 2.45) is 0 Å². The number of carbonyl (C=O) groups excluding carboxylic acids is 1. The molecule has 1 amide bonds. The zero-order valence-electron chi connectivity index (χ0n) is 22.9. The van der Waals surface area contributed by atoms with Crippen LogP contribution in [0.5, 0.6) is 11.5 Å². The maximum atomic E-state index is 15.1. The standard InChI is InChI=1S/C32H26F7NO3/c1-19(2)42-28-16-22(11-12-27(28)35)31(18-20-7-4-3-5-8-20,40-29(41)21-9-6-10-24(33)13-21)23-14-25(34)17-26(15-23)43-32(38,39)30(36)37/h3-17,19,30H,18H2,1-2H3,(H,40,41). The van der Waals surface area contributed by atoms with Gasteiger partial charge in [0.15, 0.2) is 11.6 Å². The zero-order chi connectivity index (χ0) is 31.4. The van der Waals surface area contributed by atoms with Gasteiger partial charge in [-0.25, -0.2) is 13.2 Å². The van der Waals surface area contributed by atoms with Crippen LogP contribution >= 0.6 is 0 Å². The van der Waals surface area contributed by atoms with Crippen molar-refractivity contribution in [3.8, 4) is 11.5 Å². The molecule has 4 rings (SSSR count). The Labute approximate surface area is 243 Å². The summed E-state index contributed by atoms with van der Waals surface area (Å²) in [7, 11) is 0. The van der Waals surface area contributed by atoms with Crippen LogP contribution in [0, 0.1) is 17.5 Å². The highest BCUT2D eigenvalue weighted by Crippen LogP contribution is 2.39. The van der Waals surface area contributed by atoms with Crippen molar-refractivity contribution in [3.63, 3.8) is 0 Å². The monoisotopic (exact) mass is 605 g/mol. The van der Waals surface area contributed by atoms with Gasteiger partial charge in [-0.2, -0.15) is 17.6 Å². The Bertz CT molecular complexity index is 1580. The Balaban J connectivity index is 2.00. The average Bonchev–Trinajstić information content (AvgIpc) is 2.93. The molecule has 0 aliphatic heterocycles. The van der Waals surface area contributed by atoms with Crippen molar-refractivity contribution < 1.29 is 45.0 Å². The van der Waals surface area contributed by atoms with E-state index in [0.717, 1.165) is 30.3 Å². The fourth-order valence-electron chi connectivity index (χ4n) is 4.54. The average molecular weight is 606 g/mol. The number of alkyl halides is 4. The van der Waals surface area contributed by atoms with Gasteiger partial charge in [0.2, 0.25) is 0 Å². The van der Waals surface area contributed by atoms with E-state index in [1.807, 2.05) is 0 Å². The summed E-state index contributed by atoms with van der Waals surface area (Å²) < 4.78 is 107. The second-order valence-corrected chi connectivity index (χ2v) is 9.98. The van der Waals surface area contributed by atoms with E-state index < -0.39 is 53.3 Å². The van der Waals surface area contributed by atoms with Crippen LogP contribution in [0.4, 0.5) is 30.7 Å². The molecule has 4 nitrogen and oxygen atoms in total. The highest BCUT2D eigenvalue weighted by atomic mass is 19.3. The van der Waals surface area contributed by atoms with Crippen LogP contribution in [-0.2, 0) is 12.0 Å². The van der Waals surface area contributed by atoms with Crippen molar-refractivity contribution in [3.05, 3.63) is 131 Å². The minimum absolute atomic E-state index is 0.107. The minimum Gasteiger partial charge on any atom is -0.488 e. The molecule has 0 saturated carbocycles. The predicted molar refractivity (Wildman–Crippen MR) is 145 cm³/mol. The van der Waals surface area contributed by atoms with Gasteiger partial charge in [-0.1, -0.05) is 42.5 Å². The third-order valence-electron chi connectivity index (χ3n) is 6.38. The predicted octanol–water partition coefficient (Wildman–Crippen LogP) is 8.04. The fraction of sp³-hybridized carbons (Fsp3) is 0.219. The van der Waals surface area contributed by atoms with Gasteiger partial charge < -0.3 is 14.8 Å². The van der Waals surface area contributed by atoms with Crippen molar-refractivity contribution in [1.82, 2.24) is 5.32 Å². The van der Waals surface area contributed by atoms with Crippen molar-refractivity contribution in [2.75, 3.05) is 0 Å². The molecule has 0 aliphatic rings. The third kappa shape index (κ3) is 7.46. The molecule has 11 heteroatoms. The van der Waals surface area contributed by atoms with Crippen LogP contribution in [0.3, 0.4) is 0 Å². The number of hydrogen-bond donors (Lipinski definition) is 1. The first-order valence-electron chi connectivity index (χ1n) is 13.0. The molecule has 0 saturated heterocycles. The first-order chi connectivity index (χ1) is 20.3. The summed E-state index contributed by atoms with van der Waals surface area (Å²) in [5.74, 6) is -4.71. The quantitative estimate of drug-likeness (QED) is 0.176. The molecule has 0 radical (unpaired) electrons. The topological polar surface area (TPSA) is 47.6 Å². The summed E-state index contributed by atoms with van der Waals surface area (Å²) in [5.41, 5.74) is -1.61. The SMILES string of the molecule is CC(C)Oc1cc(C(Cc2ccccc2)(NC(=O)c2cccc(F)c2)c2cc(F)cc(OC(F)(F)C(F)F)c2)ccc1F. The second-order valence-electron chi connectivity index (χ2n) is 9.98. The third-order valence-corrected chi connectivity index (χ3v) is 6.38. The van der Waals surface area contributed by atoms with Gasteiger partial charge in [-0.05, 0) is 73.0 Å². The normalized spacial score (nSPS) is 13.1. The van der Waals surface area contributed by atoms with Crippen molar-refractivity contribution in [2.45, 2.75) is 44.4 Å². The number of hydrogen-bond acceptors (Lipinski definition) is 3. The summed E-state index contributed by atoms with van der Waals surface area (Å²) in [4.78, 5) is 13.6. The number of amides is 1. The summed E-state index contributed by atoms with van der Waals surface area (Å²) in [6, 6.07) is 18.9. The van der Waals surface area contributed by atoms with E-state index in [2.05, 4.69) is 10.1 Å². The van der Waals surface area contributed by atoms with Gasteiger partial charge in [0.25, 0.3) is 5.91 Å². The summed E-state index contributed by atoms with van der Waals surface area (Å²) >= 11 is 0. The molecule has 0 heterocycles. The molecule has 4 aromatic carbocycles. The van der Waals surface area contributed by atoms with E-state index in [9.17, 15) is 31.1 Å². The van der Waals surface area contributed by atoms with E-state index in [-0.39, 0.29) is 28.9 Å². The van der Waals surface area contributed by atoms with Crippen molar-refractivity contribution >= 4 is 5.91 Å². The minimum atomic E-state index is -4.97. The van der Waals surface area contributed by atoms with E-state index in [1.165, 1.54) is 24.3 Å². The lowest BCUT2D eigenvalue weighted by molar-refractivity contribution is -0.253. The van der Waals surface area contributed by atoms with Crippen LogP contribution in [0.1, 0.15) is 40.9 Å². The van der Waals surface area contributed by atoms with Crippen LogP contribution in [0.15, 0.2) is 91.0 Å². The lowest BCUT2D eigenvalue weighted by atomic mass is 9.77. The van der Waals surface area contributed by atoms with Gasteiger partial charge in [0, 0.05) is 18.1 Å². The van der Waals surface area contributed by atoms with Gasteiger partial charge in [0.1, 0.15) is 17.4 Å². The maximum absolute atomic E-state index is 15.1. The van der Waals surface area contributed by atoms with E-state index in [1.54, 1.807) is 44.2 Å². The number of rotatable bonds is 11. The Kier molecular flexibility index (Phi) is 9.32. The number of halogens is 7. The molecule has 1 unspecified atom stereocenters. The molecule has 0 aliphatic carbocycles. The summed E-state index contributed by atoms with van der Waals surface area (Å²) in [6.07, 6.45) is -9.86. The Hall–Kier alpha value is -4.54. The molecule has 0 spiro atoms. The molecular weight excluding hydrogens is 579 g/mol. The van der Waals surface area contributed by atoms with Gasteiger partial charge >= 0.3 is 12.5 Å². The Morgan fingerprint density at radius 3 is 2.19 bits per heavy atom. The van der Waals surface area contributed by atoms with E-state index in [4.69, 9.17) is 4.74 Å². The Morgan fingerprint density at radius 2 is 1.53 bits per heavy atom. The van der Waals surface area contributed by atoms with Gasteiger partial charge in [-0.3, -0.25) is 4.79 Å². The van der Waals surface area contributed by atoms with Crippen molar-refractivity contribution in [1.29, 1.82) is 0 Å². The van der Waals surface area contributed by atoms with Gasteiger partial charge in [-0.15, -0.1) is 0 Å². The Morgan fingerprint density at radius 1 is 0.814 bits per heavy atom. The molecule has 1 N–H and O–H groups in total. The van der Waals surface area contributed by atoms with E-state index >= 15 is 4.39 Å². The maximum Gasteiger partial charge on any atom is 0.461 e. The molecule has 0 fully saturated rings. The number of carbonyl (C=O) groups is 1. The molecule has 43 heavy (non-hydrogen) atoms.